The second-order valence-corrected chi connectivity index (χ2v) is 5.28. The van der Waals surface area contributed by atoms with Crippen LogP contribution in [0.2, 0.25) is 0 Å². The molecular weight excluding hydrogens is 266 g/mol. The highest BCUT2D eigenvalue weighted by atomic mass is 16.5. The van der Waals surface area contributed by atoms with E-state index in [-0.39, 0.29) is 11.9 Å². The molecule has 0 unspecified atom stereocenters. The van der Waals surface area contributed by atoms with Crippen LogP contribution in [0.1, 0.15) is 25.6 Å². The van der Waals surface area contributed by atoms with Crippen molar-refractivity contribution in [2.75, 3.05) is 6.54 Å². The number of pyridine rings is 1. The molecular formula is C16H19N3O2. The lowest BCUT2D eigenvalue weighted by Crippen LogP contribution is -2.46. The van der Waals surface area contributed by atoms with Gasteiger partial charge in [0.15, 0.2) is 6.10 Å². The number of amides is 1. The molecule has 0 fully saturated rings. The second-order valence-electron chi connectivity index (χ2n) is 5.28. The molecule has 2 aromatic heterocycles. The van der Waals surface area contributed by atoms with Crippen molar-refractivity contribution in [2.24, 2.45) is 0 Å². The van der Waals surface area contributed by atoms with Crippen LogP contribution in [0.3, 0.4) is 0 Å². The molecule has 2 atom stereocenters. The van der Waals surface area contributed by atoms with Crippen LogP contribution in [-0.4, -0.2) is 33.0 Å². The standard InChI is InChI=1S/C16H19N3O2/c1-12-15-6-4-8-18(15)9-10-19(12)16(20)13(2)21-14-5-3-7-17-11-14/h3-8,11-13H,9-10H2,1-2H3/t12-,13+/m1/s1. The first-order valence-electron chi connectivity index (χ1n) is 7.19. The number of hydrogen-bond donors (Lipinski definition) is 0. The van der Waals surface area contributed by atoms with Gasteiger partial charge in [-0.1, -0.05) is 0 Å². The molecule has 2 aromatic rings. The van der Waals surface area contributed by atoms with Gasteiger partial charge in [-0.05, 0) is 38.1 Å². The summed E-state index contributed by atoms with van der Waals surface area (Å²) in [4.78, 5) is 18.5. The van der Waals surface area contributed by atoms with Gasteiger partial charge in [0.1, 0.15) is 5.75 Å². The van der Waals surface area contributed by atoms with Crippen LogP contribution in [0.5, 0.6) is 5.75 Å². The van der Waals surface area contributed by atoms with E-state index in [2.05, 4.69) is 28.7 Å². The van der Waals surface area contributed by atoms with E-state index >= 15 is 0 Å². The molecule has 0 spiro atoms. The lowest BCUT2D eigenvalue weighted by molar-refractivity contribution is -0.141. The maximum absolute atomic E-state index is 12.6. The van der Waals surface area contributed by atoms with Crippen LogP contribution < -0.4 is 4.74 Å². The summed E-state index contributed by atoms with van der Waals surface area (Å²) in [5.41, 5.74) is 1.17. The molecule has 0 radical (unpaired) electrons. The fourth-order valence-electron chi connectivity index (χ4n) is 2.78. The number of hydrogen-bond acceptors (Lipinski definition) is 3. The normalized spacial score (nSPS) is 19.0. The summed E-state index contributed by atoms with van der Waals surface area (Å²) >= 11 is 0. The first-order valence-corrected chi connectivity index (χ1v) is 7.19. The van der Waals surface area contributed by atoms with Gasteiger partial charge in [-0.15, -0.1) is 0 Å². The van der Waals surface area contributed by atoms with Crippen molar-refractivity contribution in [2.45, 2.75) is 32.5 Å². The Labute approximate surface area is 124 Å². The molecule has 110 valence electrons. The largest absolute Gasteiger partial charge is 0.479 e. The SMILES string of the molecule is C[C@H](Oc1cccnc1)C(=O)N1CCn2cccc2[C@H]1C. The summed E-state index contributed by atoms with van der Waals surface area (Å²) < 4.78 is 7.88. The molecule has 1 aliphatic heterocycles. The molecule has 0 bridgehead atoms. The van der Waals surface area contributed by atoms with Gasteiger partial charge >= 0.3 is 0 Å². The molecule has 5 nitrogen and oxygen atoms in total. The summed E-state index contributed by atoms with van der Waals surface area (Å²) in [5.74, 6) is 0.630. The number of carbonyl (C=O) groups excluding carboxylic acids is 1. The molecule has 5 heteroatoms. The minimum absolute atomic E-state index is 0.0128. The minimum atomic E-state index is -0.516. The number of nitrogens with zero attached hydrogens (tertiary/aromatic N) is 3. The predicted molar refractivity (Wildman–Crippen MR) is 78.9 cm³/mol. The number of carbonyl (C=O) groups is 1. The average Bonchev–Trinajstić information content (AvgIpc) is 2.97. The van der Waals surface area contributed by atoms with Crippen molar-refractivity contribution < 1.29 is 9.53 Å². The summed E-state index contributed by atoms with van der Waals surface area (Å²) in [6.45, 7) is 5.38. The Morgan fingerprint density at radius 3 is 3.00 bits per heavy atom. The summed E-state index contributed by atoms with van der Waals surface area (Å²) in [6.07, 6.45) is 4.84. The van der Waals surface area contributed by atoms with E-state index in [0.29, 0.717) is 12.3 Å². The fourth-order valence-corrected chi connectivity index (χ4v) is 2.78. The highest BCUT2D eigenvalue weighted by molar-refractivity contribution is 5.81. The highest BCUT2D eigenvalue weighted by Gasteiger charge is 2.30. The Balaban J connectivity index is 1.71. The maximum Gasteiger partial charge on any atom is 0.263 e. The third kappa shape index (κ3) is 2.63. The van der Waals surface area contributed by atoms with Crippen molar-refractivity contribution in [3.05, 3.63) is 48.5 Å². The number of fused-ring (bicyclic) bond motifs is 1. The van der Waals surface area contributed by atoms with Crippen molar-refractivity contribution in [3.63, 3.8) is 0 Å². The Morgan fingerprint density at radius 1 is 1.38 bits per heavy atom. The average molecular weight is 285 g/mol. The Kier molecular flexibility index (Phi) is 3.64. The number of rotatable bonds is 3. The van der Waals surface area contributed by atoms with Crippen LogP contribution in [0.15, 0.2) is 42.9 Å². The van der Waals surface area contributed by atoms with Gasteiger partial charge in [0, 0.05) is 31.2 Å². The van der Waals surface area contributed by atoms with Crippen molar-refractivity contribution >= 4 is 5.91 Å². The lowest BCUT2D eigenvalue weighted by Gasteiger charge is -2.36. The number of ether oxygens (including phenoxy) is 1. The molecule has 0 aromatic carbocycles. The van der Waals surface area contributed by atoms with E-state index in [9.17, 15) is 4.79 Å². The molecule has 1 aliphatic rings. The van der Waals surface area contributed by atoms with Crippen molar-refractivity contribution in [1.82, 2.24) is 14.5 Å². The number of aromatic nitrogens is 2. The van der Waals surface area contributed by atoms with Crippen LogP contribution in [0.25, 0.3) is 0 Å². The van der Waals surface area contributed by atoms with Crippen LogP contribution in [0, 0.1) is 0 Å². The van der Waals surface area contributed by atoms with Gasteiger partial charge < -0.3 is 14.2 Å². The van der Waals surface area contributed by atoms with Crippen LogP contribution in [-0.2, 0) is 11.3 Å². The Morgan fingerprint density at radius 2 is 2.24 bits per heavy atom. The van der Waals surface area contributed by atoms with Gasteiger partial charge in [0.05, 0.1) is 12.2 Å². The fraction of sp³-hybridized carbons (Fsp3) is 0.375. The van der Waals surface area contributed by atoms with E-state index in [0.717, 1.165) is 6.54 Å². The van der Waals surface area contributed by atoms with Gasteiger partial charge in [0.2, 0.25) is 0 Å². The molecule has 21 heavy (non-hydrogen) atoms. The first kappa shape index (κ1) is 13.7. The predicted octanol–water partition coefficient (Wildman–Crippen LogP) is 2.25. The lowest BCUT2D eigenvalue weighted by atomic mass is 10.1. The van der Waals surface area contributed by atoms with Gasteiger partial charge in [0.25, 0.3) is 5.91 Å². The van der Waals surface area contributed by atoms with E-state index < -0.39 is 6.10 Å². The van der Waals surface area contributed by atoms with E-state index in [1.807, 2.05) is 17.0 Å². The Hall–Kier alpha value is -2.30. The molecule has 0 N–H and O–H groups in total. The second kappa shape index (κ2) is 5.60. The zero-order chi connectivity index (χ0) is 14.8. The van der Waals surface area contributed by atoms with Crippen LogP contribution >= 0.6 is 0 Å². The zero-order valence-electron chi connectivity index (χ0n) is 12.3. The maximum atomic E-state index is 12.6. The third-order valence-corrected chi connectivity index (χ3v) is 3.92. The first-order chi connectivity index (χ1) is 10.2. The monoisotopic (exact) mass is 285 g/mol. The van der Waals surface area contributed by atoms with Gasteiger partial charge in [-0.3, -0.25) is 9.78 Å². The van der Waals surface area contributed by atoms with Crippen molar-refractivity contribution in [3.8, 4) is 5.75 Å². The van der Waals surface area contributed by atoms with Crippen LogP contribution in [0.4, 0.5) is 0 Å². The zero-order valence-corrected chi connectivity index (χ0v) is 12.3. The Bertz CT molecular complexity index is 623. The van der Waals surface area contributed by atoms with E-state index in [1.54, 1.807) is 25.4 Å². The molecule has 3 heterocycles. The molecule has 0 saturated carbocycles. The third-order valence-electron chi connectivity index (χ3n) is 3.92. The van der Waals surface area contributed by atoms with Gasteiger partial charge in [-0.2, -0.15) is 0 Å². The minimum Gasteiger partial charge on any atom is -0.479 e. The van der Waals surface area contributed by atoms with Crippen molar-refractivity contribution in [1.29, 1.82) is 0 Å². The molecule has 0 saturated heterocycles. The topological polar surface area (TPSA) is 47.4 Å². The molecule has 0 aliphatic carbocycles. The van der Waals surface area contributed by atoms with E-state index in [1.165, 1.54) is 5.69 Å². The molecule has 1 amide bonds. The molecule has 3 rings (SSSR count). The quantitative estimate of drug-likeness (QED) is 0.869. The summed E-state index contributed by atoms with van der Waals surface area (Å²) in [7, 11) is 0. The smallest absolute Gasteiger partial charge is 0.263 e. The summed E-state index contributed by atoms with van der Waals surface area (Å²) in [6, 6.07) is 7.76. The van der Waals surface area contributed by atoms with E-state index in [4.69, 9.17) is 4.74 Å². The highest BCUT2D eigenvalue weighted by Crippen LogP contribution is 2.26. The van der Waals surface area contributed by atoms with Gasteiger partial charge in [-0.25, -0.2) is 0 Å². The summed E-state index contributed by atoms with van der Waals surface area (Å²) in [5, 5.41) is 0.